The number of rotatable bonds is 4. The van der Waals surface area contributed by atoms with E-state index in [9.17, 15) is 14.4 Å². The van der Waals surface area contributed by atoms with Gasteiger partial charge in [-0.1, -0.05) is 0 Å². The summed E-state index contributed by atoms with van der Waals surface area (Å²) in [6.07, 6.45) is 3.38. The maximum absolute atomic E-state index is 12.4. The van der Waals surface area contributed by atoms with Gasteiger partial charge < -0.3 is 14.7 Å². The minimum absolute atomic E-state index is 0.257. The predicted octanol–water partition coefficient (Wildman–Crippen LogP) is 2.45. The lowest BCUT2D eigenvalue weighted by atomic mass is 9.91. The van der Waals surface area contributed by atoms with E-state index in [4.69, 9.17) is 9.84 Å². The second-order valence-corrected chi connectivity index (χ2v) is 7.64. The van der Waals surface area contributed by atoms with Crippen LogP contribution in [0.2, 0.25) is 0 Å². The van der Waals surface area contributed by atoms with Crippen molar-refractivity contribution >= 4 is 34.4 Å². The van der Waals surface area contributed by atoms with E-state index in [1.54, 1.807) is 11.8 Å². The molecule has 1 fully saturated rings. The van der Waals surface area contributed by atoms with Gasteiger partial charge in [-0.2, -0.15) is 0 Å². The summed E-state index contributed by atoms with van der Waals surface area (Å²) in [7, 11) is 0. The highest BCUT2D eigenvalue weighted by atomic mass is 32.1. The molecule has 2 heterocycles. The van der Waals surface area contributed by atoms with Crippen LogP contribution in [0.3, 0.4) is 0 Å². The number of anilines is 1. The molecular weight excluding hydrogens is 358 g/mol. The van der Waals surface area contributed by atoms with E-state index in [1.807, 2.05) is 0 Å². The molecule has 0 radical (unpaired) electrons. The zero-order valence-electron chi connectivity index (χ0n) is 14.7. The molecule has 1 atom stereocenters. The minimum atomic E-state index is -0.803. The number of thiazole rings is 1. The van der Waals surface area contributed by atoms with E-state index >= 15 is 0 Å². The second kappa shape index (κ2) is 8.03. The number of nitrogens with zero attached hydrogens (tertiary/aromatic N) is 2. The summed E-state index contributed by atoms with van der Waals surface area (Å²) in [5, 5.41) is 12.3. The van der Waals surface area contributed by atoms with Gasteiger partial charge >= 0.3 is 18.0 Å². The number of esters is 1. The summed E-state index contributed by atoms with van der Waals surface area (Å²) in [6.45, 7) is 2.95. The van der Waals surface area contributed by atoms with Gasteiger partial charge in [0.25, 0.3) is 0 Å². The van der Waals surface area contributed by atoms with Gasteiger partial charge in [0, 0.05) is 18.0 Å². The van der Waals surface area contributed by atoms with Crippen LogP contribution in [0, 0.1) is 5.92 Å². The normalized spacial score (nSPS) is 20.3. The number of carboxylic acid groups (broad SMARTS) is 1. The topological polar surface area (TPSA) is 109 Å². The maximum Gasteiger partial charge on any atom is 0.323 e. The van der Waals surface area contributed by atoms with Crippen LogP contribution in [0.5, 0.6) is 0 Å². The van der Waals surface area contributed by atoms with Crippen LogP contribution in [-0.4, -0.2) is 52.7 Å². The maximum atomic E-state index is 12.4. The van der Waals surface area contributed by atoms with Crippen LogP contribution in [-0.2, 0) is 20.7 Å². The van der Waals surface area contributed by atoms with Crippen molar-refractivity contribution in [3.63, 3.8) is 0 Å². The third-order valence-corrected chi connectivity index (χ3v) is 5.92. The summed E-state index contributed by atoms with van der Waals surface area (Å²) in [6, 6.07) is -0.271. The van der Waals surface area contributed by atoms with Crippen molar-refractivity contribution in [3.05, 3.63) is 10.6 Å². The Morgan fingerprint density at radius 1 is 1.31 bits per heavy atom. The lowest BCUT2D eigenvalue weighted by Gasteiger charge is -2.29. The molecule has 0 bridgehead atoms. The molecule has 0 spiro atoms. The van der Waals surface area contributed by atoms with Crippen LogP contribution in [0.1, 0.15) is 49.1 Å². The molecule has 1 saturated heterocycles. The molecule has 1 unspecified atom stereocenters. The third kappa shape index (κ3) is 3.98. The Labute approximate surface area is 155 Å². The molecule has 9 heteroatoms. The van der Waals surface area contributed by atoms with Crippen LogP contribution < -0.4 is 5.32 Å². The van der Waals surface area contributed by atoms with Crippen molar-refractivity contribution in [1.29, 1.82) is 0 Å². The van der Waals surface area contributed by atoms with Crippen molar-refractivity contribution in [2.75, 3.05) is 25.0 Å². The first-order chi connectivity index (χ1) is 12.5. The third-order valence-electron chi connectivity index (χ3n) is 4.87. The van der Waals surface area contributed by atoms with E-state index in [0.29, 0.717) is 44.1 Å². The number of carbonyl (C=O) groups is 3. The van der Waals surface area contributed by atoms with Gasteiger partial charge in [-0.15, -0.1) is 11.3 Å². The highest BCUT2D eigenvalue weighted by Crippen LogP contribution is 2.37. The number of aryl methyl sites for hydroxylation is 1. The summed E-state index contributed by atoms with van der Waals surface area (Å²) in [5.41, 5.74) is 0.722. The van der Waals surface area contributed by atoms with Gasteiger partial charge in [0.05, 0.1) is 18.2 Å². The molecule has 1 aliphatic heterocycles. The molecular formula is C17H23N3O5S. The number of aliphatic carboxylic acids is 1. The molecule has 2 aliphatic rings. The van der Waals surface area contributed by atoms with Gasteiger partial charge in [-0.3, -0.25) is 14.9 Å². The molecule has 26 heavy (non-hydrogen) atoms. The average Bonchev–Trinajstić information content (AvgIpc) is 3.04. The number of carbonyl (C=O) groups excluding carboxylic acids is 2. The molecule has 1 aromatic rings. The van der Waals surface area contributed by atoms with E-state index in [0.717, 1.165) is 23.4 Å². The molecule has 2 amide bonds. The molecule has 2 N–H and O–H groups in total. The van der Waals surface area contributed by atoms with Crippen molar-refractivity contribution in [2.45, 2.75) is 44.9 Å². The number of fused-ring (bicyclic) bond motifs is 1. The average molecular weight is 381 g/mol. The molecule has 3 rings (SSSR count). The number of amides is 2. The van der Waals surface area contributed by atoms with E-state index in [-0.39, 0.29) is 23.8 Å². The monoisotopic (exact) mass is 381 g/mol. The Bertz CT molecular complexity index is 697. The molecule has 1 aliphatic carbocycles. The summed E-state index contributed by atoms with van der Waals surface area (Å²) in [4.78, 5) is 42.7. The first kappa shape index (κ1) is 18.6. The minimum Gasteiger partial charge on any atom is -0.481 e. The lowest BCUT2D eigenvalue weighted by Crippen LogP contribution is -2.42. The zero-order valence-corrected chi connectivity index (χ0v) is 15.5. The summed E-state index contributed by atoms with van der Waals surface area (Å²) >= 11 is 1.40. The van der Waals surface area contributed by atoms with Crippen LogP contribution in [0.4, 0.5) is 9.93 Å². The van der Waals surface area contributed by atoms with Crippen molar-refractivity contribution in [2.24, 2.45) is 5.92 Å². The first-order valence-electron chi connectivity index (χ1n) is 8.94. The van der Waals surface area contributed by atoms with E-state index in [2.05, 4.69) is 10.3 Å². The van der Waals surface area contributed by atoms with Crippen LogP contribution >= 0.6 is 11.3 Å². The fourth-order valence-corrected chi connectivity index (χ4v) is 4.50. The van der Waals surface area contributed by atoms with Crippen LogP contribution in [0.25, 0.3) is 0 Å². The number of carboxylic acids is 1. The number of likely N-dealkylation sites (tertiary alicyclic amines) is 1. The summed E-state index contributed by atoms with van der Waals surface area (Å²) in [5.74, 6) is -1.79. The van der Waals surface area contributed by atoms with E-state index in [1.165, 1.54) is 11.3 Å². The Hall–Kier alpha value is -2.16. The van der Waals surface area contributed by atoms with Gasteiger partial charge in [0.15, 0.2) is 5.13 Å². The highest BCUT2D eigenvalue weighted by Gasteiger charge is 2.32. The zero-order chi connectivity index (χ0) is 18.7. The van der Waals surface area contributed by atoms with Gasteiger partial charge in [0.1, 0.15) is 5.92 Å². The Morgan fingerprint density at radius 3 is 2.69 bits per heavy atom. The predicted molar refractivity (Wildman–Crippen MR) is 95.4 cm³/mol. The quantitative estimate of drug-likeness (QED) is 0.776. The Kier molecular flexibility index (Phi) is 5.75. The Balaban J connectivity index is 1.63. The number of ether oxygens (including phenoxy) is 1. The lowest BCUT2D eigenvalue weighted by molar-refractivity contribution is -0.145. The van der Waals surface area contributed by atoms with Crippen LogP contribution in [0.15, 0.2) is 0 Å². The first-order valence-corrected chi connectivity index (χ1v) is 9.76. The van der Waals surface area contributed by atoms with Gasteiger partial charge in [-0.25, -0.2) is 9.78 Å². The standard InChI is InChI=1S/C17H23N3O5S/c1-2-25-15(23)11-4-3-5-12-13(11)18-16(26-12)19-17(24)20-8-6-10(7-9-20)14(21)22/h10-11H,2-9H2,1H3,(H,21,22)(H,18,19,24). The number of hydrogen-bond donors (Lipinski definition) is 2. The van der Waals surface area contributed by atoms with E-state index < -0.39 is 5.97 Å². The van der Waals surface area contributed by atoms with Crippen molar-refractivity contribution < 1.29 is 24.2 Å². The SMILES string of the molecule is CCOC(=O)C1CCCc2sc(NC(=O)N3CCC(C(=O)O)CC3)nc21. The van der Waals surface area contributed by atoms with Gasteiger partial charge in [0.2, 0.25) is 0 Å². The summed E-state index contributed by atoms with van der Waals surface area (Å²) < 4.78 is 5.14. The fraction of sp³-hybridized carbons (Fsp3) is 0.647. The smallest absolute Gasteiger partial charge is 0.323 e. The number of hydrogen-bond acceptors (Lipinski definition) is 6. The highest BCUT2D eigenvalue weighted by molar-refractivity contribution is 7.15. The molecule has 8 nitrogen and oxygen atoms in total. The molecule has 1 aromatic heterocycles. The van der Waals surface area contributed by atoms with Crippen molar-refractivity contribution in [3.8, 4) is 0 Å². The molecule has 142 valence electrons. The van der Waals surface area contributed by atoms with Gasteiger partial charge in [-0.05, 0) is 39.0 Å². The number of nitrogens with one attached hydrogen (secondary N) is 1. The number of aromatic nitrogens is 1. The Morgan fingerprint density at radius 2 is 2.04 bits per heavy atom. The molecule has 0 saturated carbocycles. The number of urea groups is 1. The number of piperidine rings is 1. The second-order valence-electron chi connectivity index (χ2n) is 6.55. The molecule has 0 aromatic carbocycles. The largest absolute Gasteiger partial charge is 0.481 e. The fourth-order valence-electron chi connectivity index (χ4n) is 3.44. The van der Waals surface area contributed by atoms with Crippen molar-refractivity contribution in [1.82, 2.24) is 9.88 Å².